The van der Waals surface area contributed by atoms with Gasteiger partial charge >= 0.3 is 0 Å². The molecule has 4 nitrogen and oxygen atoms in total. The Morgan fingerprint density at radius 3 is 2.30 bits per heavy atom. The summed E-state index contributed by atoms with van der Waals surface area (Å²) >= 11 is 0. The number of hydrogen-bond donors (Lipinski definition) is 1. The molecule has 0 saturated carbocycles. The van der Waals surface area contributed by atoms with Crippen molar-refractivity contribution in [2.24, 2.45) is 0 Å². The summed E-state index contributed by atoms with van der Waals surface area (Å²) in [6.45, 7) is 0.476. The molecule has 0 aliphatic carbocycles. The van der Waals surface area contributed by atoms with E-state index in [0.717, 1.165) is 5.69 Å². The number of aliphatic hydroxyl groups excluding tert-OH is 1. The van der Waals surface area contributed by atoms with Crippen LogP contribution in [0.2, 0.25) is 0 Å². The fraction of sp³-hybridized carbons (Fsp3) is 0.278. The van der Waals surface area contributed by atoms with Crippen LogP contribution in [0.1, 0.15) is 11.7 Å². The zero-order valence-electron chi connectivity index (χ0n) is 13.3. The molecule has 5 heteroatoms. The van der Waals surface area contributed by atoms with Gasteiger partial charge in [0.2, 0.25) is 5.91 Å². The monoisotopic (exact) mass is 316 g/mol. The van der Waals surface area contributed by atoms with Crippen LogP contribution in [0, 0.1) is 5.82 Å². The van der Waals surface area contributed by atoms with Crippen molar-refractivity contribution < 1.29 is 14.3 Å². The Balaban J connectivity index is 1.89. The van der Waals surface area contributed by atoms with Gasteiger partial charge in [-0.15, -0.1) is 0 Å². The first-order valence-electron chi connectivity index (χ1n) is 7.41. The molecule has 0 aliphatic heterocycles. The number of aliphatic hydroxyl groups is 1. The van der Waals surface area contributed by atoms with Gasteiger partial charge in [-0.05, 0) is 36.9 Å². The first kappa shape index (κ1) is 17.1. The molecule has 0 aliphatic rings. The molecule has 2 aromatic rings. The van der Waals surface area contributed by atoms with Crippen LogP contribution in [0.5, 0.6) is 0 Å². The zero-order valence-corrected chi connectivity index (χ0v) is 13.3. The Bertz CT molecular complexity index is 631. The van der Waals surface area contributed by atoms with E-state index in [2.05, 4.69) is 0 Å². The number of carbonyl (C=O) groups excluding carboxylic acids is 1. The molecule has 0 bridgehead atoms. The van der Waals surface area contributed by atoms with Gasteiger partial charge in [-0.25, -0.2) is 4.39 Å². The maximum absolute atomic E-state index is 12.9. The average Bonchev–Trinajstić information content (AvgIpc) is 2.55. The van der Waals surface area contributed by atoms with Crippen molar-refractivity contribution in [1.82, 2.24) is 4.90 Å². The number of anilines is 1. The minimum atomic E-state index is -0.768. The Morgan fingerprint density at radius 2 is 1.70 bits per heavy atom. The number of carbonyl (C=O) groups is 1. The van der Waals surface area contributed by atoms with Gasteiger partial charge in [-0.2, -0.15) is 0 Å². The zero-order chi connectivity index (χ0) is 16.8. The van der Waals surface area contributed by atoms with E-state index in [1.165, 1.54) is 12.1 Å². The molecular formula is C18H21FN2O2. The molecule has 1 amide bonds. The number of halogens is 1. The average molecular weight is 316 g/mol. The summed E-state index contributed by atoms with van der Waals surface area (Å²) in [5.41, 5.74) is 1.45. The van der Waals surface area contributed by atoms with Crippen molar-refractivity contribution in [3.05, 3.63) is 66.0 Å². The molecule has 1 atom stereocenters. The molecule has 122 valence electrons. The number of nitrogens with zero attached hydrogens (tertiary/aromatic N) is 2. The first-order valence-corrected chi connectivity index (χ1v) is 7.41. The summed E-state index contributed by atoms with van der Waals surface area (Å²) in [5, 5.41) is 10.2. The Kier molecular flexibility index (Phi) is 5.84. The number of amides is 1. The third-order valence-electron chi connectivity index (χ3n) is 3.66. The Hall–Kier alpha value is -2.24. The van der Waals surface area contributed by atoms with E-state index in [9.17, 15) is 14.3 Å². The molecule has 1 N–H and O–H groups in total. The van der Waals surface area contributed by atoms with Gasteiger partial charge in [0.1, 0.15) is 5.82 Å². The summed E-state index contributed by atoms with van der Waals surface area (Å²) < 4.78 is 12.9. The highest BCUT2D eigenvalue weighted by Crippen LogP contribution is 2.15. The lowest BCUT2D eigenvalue weighted by atomic mass is 10.1. The van der Waals surface area contributed by atoms with Crippen molar-refractivity contribution in [3.63, 3.8) is 0 Å². The van der Waals surface area contributed by atoms with E-state index in [-0.39, 0.29) is 18.3 Å². The highest BCUT2D eigenvalue weighted by atomic mass is 19.1. The van der Waals surface area contributed by atoms with Crippen LogP contribution in [0.4, 0.5) is 10.1 Å². The molecule has 0 aromatic heterocycles. The summed E-state index contributed by atoms with van der Waals surface area (Å²) in [7, 11) is 3.49. The molecule has 2 rings (SSSR count). The van der Waals surface area contributed by atoms with Crippen LogP contribution in [0.25, 0.3) is 0 Å². The quantitative estimate of drug-likeness (QED) is 0.890. The SMILES string of the molecule is CN(CC(=O)N(C)c1ccccc1)CC(O)c1ccc(F)cc1. The number of likely N-dealkylation sites (N-methyl/N-ethyl adjacent to an activating group) is 2. The highest BCUT2D eigenvalue weighted by Gasteiger charge is 2.16. The number of hydrogen-bond acceptors (Lipinski definition) is 3. The minimum Gasteiger partial charge on any atom is -0.387 e. The predicted molar refractivity (Wildman–Crippen MR) is 88.7 cm³/mol. The third kappa shape index (κ3) is 4.87. The van der Waals surface area contributed by atoms with Crippen LogP contribution in [-0.4, -0.2) is 43.1 Å². The molecule has 0 fully saturated rings. The number of benzene rings is 2. The smallest absolute Gasteiger partial charge is 0.240 e. The molecule has 0 radical (unpaired) electrons. The lowest BCUT2D eigenvalue weighted by molar-refractivity contribution is -0.119. The first-order chi connectivity index (χ1) is 11.0. The van der Waals surface area contributed by atoms with Crippen LogP contribution in [0.15, 0.2) is 54.6 Å². The van der Waals surface area contributed by atoms with Gasteiger partial charge in [0.25, 0.3) is 0 Å². The fourth-order valence-corrected chi connectivity index (χ4v) is 2.28. The number of rotatable bonds is 6. The van der Waals surface area contributed by atoms with Gasteiger partial charge in [0, 0.05) is 19.3 Å². The van der Waals surface area contributed by atoms with E-state index in [1.54, 1.807) is 36.0 Å². The van der Waals surface area contributed by atoms with Gasteiger partial charge in [-0.3, -0.25) is 9.69 Å². The minimum absolute atomic E-state index is 0.0648. The van der Waals surface area contributed by atoms with E-state index in [0.29, 0.717) is 12.1 Å². The van der Waals surface area contributed by atoms with Crippen molar-refractivity contribution in [2.75, 3.05) is 32.1 Å². The van der Waals surface area contributed by atoms with E-state index >= 15 is 0 Å². The standard InChI is InChI=1S/C18H21FN2O2/c1-20(12-17(22)14-8-10-15(19)11-9-14)13-18(23)21(2)16-6-4-3-5-7-16/h3-11,17,22H,12-13H2,1-2H3. The van der Waals surface area contributed by atoms with Crippen molar-refractivity contribution in [3.8, 4) is 0 Å². The van der Waals surface area contributed by atoms with Gasteiger partial charge in [0.15, 0.2) is 0 Å². The topological polar surface area (TPSA) is 43.8 Å². The maximum atomic E-state index is 12.9. The summed E-state index contributed by atoms with van der Waals surface area (Å²) in [6, 6.07) is 15.1. The van der Waals surface area contributed by atoms with E-state index < -0.39 is 6.10 Å². The van der Waals surface area contributed by atoms with Crippen LogP contribution < -0.4 is 4.90 Å². The maximum Gasteiger partial charge on any atom is 0.240 e. The van der Waals surface area contributed by atoms with Gasteiger partial charge < -0.3 is 10.0 Å². The summed E-state index contributed by atoms with van der Waals surface area (Å²) in [4.78, 5) is 15.6. The van der Waals surface area contributed by atoms with Crippen LogP contribution in [0.3, 0.4) is 0 Å². The van der Waals surface area contributed by atoms with E-state index in [4.69, 9.17) is 0 Å². The lowest BCUT2D eigenvalue weighted by Crippen LogP contribution is -2.38. The van der Waals surface area contributed by atoms with Crippen molar-refractivity contribution >= 4 is 11.6 Å². The lowest BCUT2D eigenvalue weighted by Gasteiger charge is -2.24. The third-order valence-corrected chi connectivity index (χ3v) is 3.66. The highest BCUT2D eigenvalue weighted by molar-refractivity contribution is 5.94. The largest absolute Gasteiger partial charge is 0.387 e. The van der Waals surface area contributed by atoms with Gasteiger partial charge in [0.05, 0.1) is 12.6 Å². The Morgan fingerprint density at radius 1 is 1.09 bits per heavy atom. The van der Waals surface area contributed by atoms with Crippen LogP contribution >= 0.6 is 0 Å². The molecule has 0 saturated heterocycles. The van der Waals surface area contributed by atoms with Gasteiger partial charge in [-0.1, -0.05) is 30.3 Å². The second kappa shape index (κ2) is 7.85. The summed E-state index contributed by atoms with van der Waals surface area (Å²) in [6.07, 6.45) is -0.768. The Labute approximate surface area is 135 Å². The molecule has 0 heterocycles. The normalized spacial score (nSPS) is 12.2. The molecule has 1 unspecified atom stereocenters. The molecule has 2 aromatic carbocycles. The molecule has 23 heavy (non-hydrogen) atoms. The molecular weight excluding hydrogens is 295 g/mol. The van der Waals surface area contributed by atoms with E-state index in [1.807, 2.05) is 30.3 Å². The molecule has 0 spiro atoms. The van der Waals surface area contributed by atoms with Crippen molar-refractivity contribution in [2.45, 2.75) is 6.10 Å². The fourth-order valence-electron chi connectivity index (χ4n) is 2.28. The number of para-hydroxylation sites is 1. The van der Waals surface area contributed by atoms with Crippen LogP contribution in [-0.2, 0) is 4.79 Å². The summed E-state index contributed by atoms with van der Waals surface area (Å²) in [5.74, 6) is -0.404. The second-order valence-corrected chi connectivity index (χ2v) is 5.55. The predicted octanol–water partition coefficient (Wildman–Crippen LogP) is 2.45. The second-order valence-electron chi connectivity index (χ2n) is 5.55. The van der Waals surface area contributed by atoms with Crippen molar-refractivity contribution in [1.29, 1.82) is 0 Å².